The number of fused-ring (bicyclic) bond motifs is 6. The molecule has 2 aliphatic carbocycles. The maximum atomic E-state index is 13.0. The van der Waals surface area contributed by atoms with Gasteiger partial charge in [-0.05, 0) is 56.7 Å². The number of Topliss-reactive ketones (excluding diaryl/α,β-unsaturated/α-hetero) is 2. The van der Waals surface area contributed by atoms with E-state index in [0.717, 1.165) is 30.4 Å². The summed E-state index contributed by atoms with van der Waals surface area (Å²) in [6, 6.07) is 3.91. The molecule has 1 aromatic carbocycles. The molecule has 5 heteroatoms. The average Bonchev–Trinajstić information content (AvgIpc) is 3.13. The molecule has 0 saturated carbocycles. The predicted octanol–water partition coefficient (Wildman–Crippen LogP) is 3.95. The van der Waals surface area contributed by atoms with Crippen LogP contribution in [0.2, 0.25) is 0 Å². The number of ketones is 2. The first-order valence-corrected chi connectivity index (χ1v) is 9.01. The molecule has 2 aromatic rings. The van der Waals surface area contributed by atoms with Crippen LogP contribution in [0.1, 0.15) is 64.1 Å². The highest BCUT2D eigenvalue weighted by Crippen LogP contribution is 2.49. The summed E-state index contributed by atoms with van der Waals surface area (Å²) in [7, 11) is 0. The number of aryl methyl sites for hydroxylation is 1. The minimum Gasteiger partial charge on any atom is -0.463 e. The summed E-state index contributed by atoms with van der Waals surface area (Å²) in [5.41, 5.74) is 3.64. The molecular formula is C21H20O5. The van der Waals surface area contributed by atoms with Gasteiger partial charge in [-0.3, -0.25) is 9.59 Å². The Balaban J connectivity index is 1.76. The van der Waals surface area contributed by atoms with Gasteiger partial charge in [0.2, 0.25) is 11.6 Å². The van der Waals surface area contributed by atoms with Crippen molar-refractivity contribution in [3.8, 4) is 11.3 Å². The van der Waals surface area contributed by atoms with Crippen molar-refractivity contribution in [2.75, 3.05) is 6.61 Å². The van der Waals surface area contributed by atoms with Gasteiger partial charge in [0, 0.05) is 11.1 Å². The maximum absolute atomic E-state index is 13.0. The monoisotopic (exact) mass is 352 g/mol. The molecule has 0 unspecified atom stereocenters. The van der Waals surface area contributed by atoms with Crippen molar-refractivity contribution in [1.29, 1.82) is 0 Å². The highest BCUT2D eigenvalue weighted by atomic mass is 16.8. The van der Waals surface area contributed by atoms with Crippen LogP contribution >= 0.6 is 0 Å². The number of furan rings is 1. The normalized spacial score (nSPS) is 26.0. The molecule has 5 rings (SSSR count). The van der Waals surface area contributed by atoms with E-state index in [1.807, 2.05) is 26.0 Å². The third-order valence-electron chi connectivity index (χ3n) is 5.79. The van der Waals surface area contributed by atoms with Crippen LogP contribution in [-0.2, 0) is 21.5 Å². The molecule has 0 bridgehead atoms. The van der Waals surface area contributed by atoms with Crippen LogP contribution < -0.4 is 0 Å². The number of hydrogen-bond donors (Lipinski definition) is 0. The van der Waals surface area contributed by atoms with Crippen LogP contribution in [0.3, 0.4) is 0 Å². The lowest BCUT2D eigenvalue weighted by atomic mass is 9.73. The highest BCUT2D eigenvalue weighted by molar-refractivity contribution is 6.53. The van der Waals surface area contributed by atoms with Gasteiger partial charge in [0.15, 0.2) is 5.79 Å². The quantitative estimate of drug-likeness (QED) is 0.672. The van der Waals surface area contributed by atoms with Crippen LogP contribution in [0.15, 0.2) is 22.8 Å². The Labute approximate surface area is 151 Å². The molecule has 0 amide bonds. The standard InChI is InChI=1S/C21H20O5/c1-11-9-24-19-13-6-7-14-12(16(13)18(23)17(22)15(11)19)5-4-8-21(14)10-25-20(2,3)26-21/h6-7,9H,4-5,8,10H2,1-3H3/t21-/m0/s1. The van der Waals surface area contributed by atoms with E-state index in [-0.39, 0.29) is 0 Å². The van der Waals surface area contributed by atoms with E-state index in [4.69, 9.17) is 13.9 Å². The van der Waals surface area contributed by atoms with Crippen LogP contribution in [0.4, 0.5) is 0 Å². The van der Waals surface area contributed by atoms with Gasteiger partial charge in [-0.1, -0.05) is 12.1 Å². The van der Waals surface area contributed by atoms with Gasteiger partial charge in [-0.25, -0.2) is 0 Å². The highest BCUT2D eigenvalue weighted by Gasteiger charge is 2.50. The predicted molar refractivity (Wildman–Crippen MR) is 93.3 cm³/mol. The van der Waals surface area contributed by atoms with Gasteiger partial charge in [0.05, 0.1) is 18.4 Å². The van der Waals surface area contributed by atoms with Gasteiger partial charge in [0.25, 0.3) is 0 Å². The van der Waals surface area contributed by atoms with Crippen LogP contribution in [0.5, 0.6) is 0 Å². The third-order valence-corrected chi connectivity index (χ3v) is 5.79. The zero-order chi connectivity index (χ0) is 18.3. The Kier molecular flexibility index (Phi) is 3.03. The summed E-state index contributed by atoms with van der Waals surface area (Å²) in [5.74, 6) is -1.07. The zero-order valence-electron chi connectivity index (χ0n) is 15.1. The fourth-order valence-electron chi connectivity index (χ4n) is 4.70. The molecule has 1 aromatic heterocycles. The van der Waals surface area contributed by atoms with Crippen molar-refractivity contribution in [3.63, 3.8) is 0 Å². The SMILES string of the molecule is Cc1coc2c1C(=O)C(=O)c1c-2ccc2c1CCC[C@]21COC(C)(C)O1. The van der Waals surface area contributed by atoms with Gasteiger partial charge < -0.3 is 13.9 Å². The largest absolute Gasteiger partial charge is 0.463 e. The molecule has 1 atom stereocenters. The second-order valence-electron chi connectivity index (χ2n) is 7.93. The number of ether oxygens (including phenoxy) is 2. The Morgan fingerprint density at radius 2 is 1.85 bits per heavy atom. The van der Waals surface area contributed by atoms with Gasteiger partial charge in [-0.15, -0.1) is 0 Å². The summed E-state index contributed by atoms with van der Waals surface area (Å²) < 4.78 is 17.8. The number of carbonyl (C=O) groups excluding carboxylic acids is 2. The van der Waals surface area contributed by atoms with Crippen molar-refractivity contribution in [2.24, 2.45) is 0 Å². The van der Waals surface area contributed by atoms with Gasteiger partial charge in [0.1, 0.15) is 11.4 Å². The summed E-state index contributed by atoms with van der Waals surface area (Å²) in [6.45, 7) is 6.05. The molecule has 3 aliphatic rings. The second kappa shape index (κ2) is 4.93. The smallest absolute Gasteiger partial charge is 0.237 e. The van der Waals surface area contributed by atoms with E-state index < -0.39 is 23.0 Å². The average molecular weight is 352 g/mol. The van der Waals surface area contributed by atoms with Crippen molar-refractivity contribution >= 4 is 11.6 Å². The topological polar surface area (TPSA) is 65.7 Å². The molecule has 1 aliphatic heterocycles. The van der Waals surface area contributed by atoms with Gasteiger partial charge >= 0.3 is 0 Å². The van der Waals surface area contributed by atoms with Crippen molar-refractivity contribution in [1.82, 2.24) is 0 Å². The summed E-state index contributed by atoms with van der Waals surface area (Å²) in [4.78, 5) is 25.7. The first-order valence-electron chi connectivity index (χ1n) is 9.01. The van der Waals surface area contributed by atoms with Crippen LogP contribution in [0.25, 0.3) is 11.3 Å². The lowest BCUT2D eigenvalue weighted by Crippen LogP contribution is -2.37. The van der Waals surface area contributed by atoms with Crippen LogP contribution in [-0.4, -0.2) is 24.0 Å². The summed E-state index contributed by atoms with van der Waals surface area (Å²) in [6.07, 6.45) is 4.02. The molecule has 2 heterocycles. The van der Waals surface area contributed by atoms with E-state index in [0.29, 0.717) is 34.6 Å². The molecule has 1 spiro atoms. The Bertz CT molecular complexity index is 981. The van der Waals surface area contributed by atoms with E-state index >= 15 is 0 Å². The van der Waals surface area contributed by atoms with Crippen molar-refractivity contribution < 1.29 is 23.5 Å². The van der Waals surface area contributed by atoms with Crippen molar-refractivity contribution in [3.05, 3.63) is 46.2 Å². The molecule has 0 radical (unpaired) electrons. The molecule has 1 saturated heterocycles. The molecule has 1 fully saturated rings. The first kappa shape index (κ1) is 16.0. The first-order chi connectivity index (χ1) is 12.3. The van der Waals surface area contributed by atoms with E-state index in [2.05, 4.69) is 0 Å². The van der Waals surface area contributed by atoms with E-state index in [1.54, 1.807) is 13.2 Å². The summed E-state index contributed by atoms with van der Waals surface area (Å²) in [5, 5.41) is 0. The maximum Gasteiger partial charge on any atom is 0.237 e. The zero-order valence-corrected chi connectivity index (χ0v) is 15.1. The Hall–Kier alpha value is -2.24. The molecule has 26 heavy (non-hydrogen) atoms. The Morgan fingerprint density at radius 3 is 2.58 bits per heavy atom. The lowest BCUT2D eigenvalue weighted by molar-refractivity contribution is -0.166. The van der Waals surface area contributed by atoms with Gasteiger partial charge in [-0.2, -0.15) is 0 Å². The lowest BCUT2D eigenvalue weighted by Gasteiger charge is -2.36. The third kappa shape index (κ3) is 1.93. The Morgan fingerprint density at radius 1 is 1.08 bits per heavy atom. The minimum atomic E-state index is -0.657. The number of carbonyl (C=O) groups is 2. The van der Waals surface area contributed by atoms with E-state index in [1.165, 1.54) is 0 Å². The minimum absolute atomic E-state index is 0.398. The number of benzene rings is 1. The molecular weight excluding hydrogens is 332 g/mol. The number of hydrogen-bond acceptors (Lipinski definition) is 5. The summed E-state index contributed by atoms with van der Waals surface area (Å²) >= 11 is 0. The van der Waals surface area contributed by atoms with E-state index in [9.17, 15) is 9.59 Å². The second-order valence-corrected chi connectivity index (χ2v) is 7.93. The fraction of sp³-hybridized carbons (Fsp3) is 0.429. The van der Waals surface area contributed by atoms with Crippen LogP contribution in [0, 0.1) is 6.92 Å². The molecule has 134 valence electrons. The fourth-order valence-corrected chi connectivity index (χ4v) is 4.70. The molecule has 0 N–H and O–H groups in total. The molecule has 5 nitrogen and oxygen atoms in total. The van der Waals surface area contributed by atoms with Crippen molar-refractivity contribution in [2.45, 2.75) is 51.4 Å². The number of rotatable bonds is 0.